The number of ether oxygens (including phenoxy) is 2. The van der Waals surface area contributed by atoms with E-state index in [1.165, 1.54) is 25.7 Å². The molecule has 0 bridgehead atoms. The van der Waals surface area contributed by atoms with Crippen LogP contribution in [0.15, 0.2) is 97.2 Å². The Balaban J connectivity index is 4.27. The fraction of sp³-hybridized carbons (Fsp3) is 0.605. The van der Waals surface area contributed by atoms with Crippen molar-refractivity contribution in [3.63, 3.8) is 0 Å². The van der Waals surface area contributed by atoms with E-state index in [0.717, 1.165) is 77.0 Å². The third kappa shape index (κ3) is 38.6. The van der Waals surface area contributed by atoms with Crippen LogP contribution < -0.4 is 5.73 Å². The van der Waals surface area contributed by atoms with Gasteiger partial charge in [-0.25, -0.2) is 4.57 Å². The fourth-order valence-electron chi connectivity index (χ4n) is 4.59. The lowest BCUT2D eigenvalue weighted by Crippen LogP contribution is -2.27. The molecular weight excluding hydrogens is 673 g/mol. The molecule has 0 rings (SSSR count). The first-order valence-electron chi connectivity index (χ1n) is 19.7. The second-order valence-electron chi connectivity index (χ2n) is 12.4. The maximum atomic E-state index is 12.4. The van der Waals surface area contributed by atoms with Gasteiger partial charge in [-0.15, -0.1) is 0 Å². The predicted molar refractivity (Wildman–Crippen MR) is 219 cm³/mol. The Kier molecular flexibility index (Phi) is 37.7. The van der Waals surface area contributed by atoms with Crippen molar-refractivity contribution in [1.82, 2.24) is 0 Å². The summed E-state index contributed by atoms with van der Waals surface area (Å²) in [6.45, 7) is 4.46. The molecule has 2 atom stereocenters. The van der Waals surface area contributed by atoms with Gasteiger partial charge in [-0.2, -0.15) is 0 Å². The van der Waals surface area contributed by atoms with E-state index in [4.69, 9.17) is 24.3 Å². The molecule has 8 nitrogen and oxygen atoms in total. The number of hydrogen-bond donors (Lipinski definition) is 2. The van der Waals surface area contributed by atoms with Gasteiger partial charge in [0.15, 0.2) is 0 Å². The number of phosphoric acid groups is 1. The standard InChI is InChI=1S/C43H72NO7P/c1-3-5-7-9-11-13-15-17-19-20-21-23-25-27-29-31-33-35-38-48-42(41-51-52(46,47)50-39-37-44)40-49-43(45)36-34-32-30-28-26-24-22-18-16-14-12-10-8-6-4-2/h6,8,11-14,17-19,21-23,26-29,42H,3-5,7,9-10,15-16,20,24-25,30-41,44H2,1-2H3,(H,46,47)/b8-6-,13-11-,14-12-,19-17-,22-18-,23-21-,28-26-,29-27-/t42-/m1/s1. The molecule has 52 heavy (non-hydrogen) atoms. The van der Waals surface area contributed by atoms with Crippen molar-refractivity contribution in [1.29, 1.82) is 0 Å². The van der Waals surface area contributed by atoms with Gasteiger partial charge in [0.25, 0.3) is 0 Å². The maximum Gasteiger partial charge on any atom is 0.472 e. The Morgan fingerprint density at radius 1 is 0.596 bits per heavy atom. The molecule has 0 saturated carbocycles. The summed E-state index contributed by atoms with van der Waals surface area (Å²) in [5, 5.41) is 0. The molecule has 9 heteroatoms. The molecule has 0 aromatic heterocycles. The molecule has 0 amide bonds. The zero-order valence-corrected chi connectivity index (χ0v) is 33.4. The lowest BCUT2D eigenvalue weighted by Gasteiger charge is -2.19. The second-order valence-corrected chi connectivity index (χ2v) is 13.8. The molecule has 0 fully saturated rings. The summed E-state index contributed by atoms with van der Waals surface area (Å²) in [5.74, 6) is -0.328. The van der Waals surface area contributed by atoms with E-state index in [9.17, 15) is 14.3 Å². The number of hydrogen-bond acceptors (Lipinski definition) is 7. The third-order valence-electron chi connectivity index (χ3n) is 7.52. The van der Waals surface area contributed by atoms with Crippen LogP contribution in [0.3, 0.4) is 0 Å². The molecule has 0 aliphatic rings. The minimum absolute atomic E-state index is 0.0657. The average molecular weight is 746 g/mol. The summed E-state index contributed by atoms with van der Waals surface area (Å²) in [5.41, 5.74) is 5.35. The van der Waals surface area contributed by atoms with Crippen molar-refractivity contribution in [3.8, 4) is 0 Å². The van der Waals surface area contributed by atoms with E-state index in [0.29, 0.717) is 19.4 Å². The van der Waals surface area contributed by atoms with E-state index >= 15 is 0 Å². The number of nitrogens with two attached hydrogens (primary N) is 1. The van der Waals surface area contributed by atoms with Crippen molar-refractivity contribution in [2.75, 3.05) is 33.0 Å². The zero-order valence-electron chi connectivity index (χ0n) is 32.5. The lowest BCUT2D eigenvalue weighted by molar-refractivity contribution is -0.149. The minimum atomic E-state index is -4.27. The van der Waals surface area contributed by atoms with Crippen molar-refractivity contribution in [3.05, 3.63) is 97.2 Å². The van der Waals surface area contributed by atoms with Crippen LogP contribution in [0.25, 0.3) is 0 Å². The summed E-state index contributed by atoms with van der Waals surface area (Å²) in [4.78, 5) is 22.2. The molecule has 0 spiro atoms. The molecule has 3 N–H and O–H groups in total. The summed E-state index contributed by atoms with van der Waals surface area (Å²) in [6, 6.07) is 0. The summed E-state index contributed by atoms with van der Waals surface area (Å²) < 4.78 is 33.3. The van der Waals surface area contributed by atoms with Gasteiger partial charge in [0.1, 0.15) is 12.7 Å². The molecule has 0 aliphatic heterocycles. The topological polar surface area (TPSA) is 117 Å². The van der Waals surface area contributed by atoms with Gasteiger partial charge in [0.05, 0.1) is 13.2 Å². The number of esters is 1. The van der Waals surface area contributed by atoms with Gasteiger partial charge >= 0.3 is 13.8 Å². The SMILES string of the molecule is CC/C=C\C/C=C\C/C=C\C/C=C\CCCCC(=O)OC[C@H](COP(=O)(O)OCCN)OCCCC/C=C\C/C=C\C/C=C\C/C=C\CCCCC. The molecule has 0 radical (unpaired) electrons. The Hall–Kier alpha value is -2.58. The molecule has 296 valence electrons. The van der Waals surface area contributed by atoms with Gasteiger partial charge in [-0.3, -0.25) is 13.8 Å². The van der Waals surface area contributed by atoms with Crippen LogP contribution in [0, 0.1) is 0 Å². The molecule has 0 aliphatic carbocycles. The average Bonchev–Trinajstić information content (AvgIpc) is 3.14. The molecular formula is C43H72NO7P. The lowest BCUT2D eigenvalue weighted by atomic mass is 10.2. The highest BCUT2D eigenvalue weighted by atomic mass is 31.2. The van der Waals surface area contributed by atoms with Crippen molar-refractivity contribution in [2.45, 2.75) is 136 Å². The van der Waals surface area contributed by atoms with E-state index in [2.05, 4.69) is 111 Å². The normalized spacial score (nSPS) is 14.6. The van der Waals surface area contributed by atoms with Crippen LogP contribution in [-0.2, 0) is 27.9 Å². The highest BCUT2D eigenvalue weighted by Gasteiger charge is 2.24. The number of carbonyl (C=O) groups excluding carboxylic acids is 1. The summed E-state index contributed by atoms with van der Waals surface area (Å²) in [6.07, 6.45) is 51.6. The van der Waals surface area contributed by atoms with Crippen molar-refractivity contribution < 1.29 is 32.8 Å². The monoisotopic (exact) mass is 746 g/mol. The Bertz CT molecular complexity index is 1110. The third-order valence-corrected chi connectivity index (χ3v) is 8.51. The van der Waals surface area contributed by atoms with Crippen LogP contribution in [0.4, 0.5) is 0 Å². The first-order chi connectivity index (χ1) is 25.4. The van der Waals surface area contributed by atoms with Gasteiger partial charge in [-0.05, 0) is 96.3 Å². The van der Waals surface area contributed by atoms with Crippen LogP contribution in [0.5, 0.6) is 0 Å². The quantitative estimate of drug-likeness (QED) is 0.0282. The highest BCUT2D eigenvalue weighted by Crippen LogP contribution is 2.43. The first kappa shape index (κ1) is 49.4. The second kappa shape index (κ2) is 39.6. The molecule has 1 unspecified atom stereocenters. The van der Waals surface area contributed by atoms with Gasteiger partial charge in [0, 0.05) is 19.6 Å². The van der Waals surface area contributed by atoms with Crippen molar-refractivity contribution in [2.24, 2.45) is 5.73 Å². The first-order valence-corrected chi connectivity index (χ1v) is 21.2. The molecule has 0 saturated heterocycles. The molecule has 0 aromatic rings. The number of unbranched alkanes of at least 4 members (excludes halogenated alkanes) is 7. The van der Waals surface area contributed by atoms with E-state index in [1.54, 1.807) is 0 Å². The summed E-state index contributed by atoms with van der Waals surface area (Å²) >= 11 is 0. The van der Waals surface area contributed by atoms with Gasteiger partial charge in [0.2, 0.25) is 0 Å². The minimum Gasteiger partial charge on any atom is -0.463 e. The van der Waals surface area contributed by atoms with E-state index in [1.807, 2.05) is 0 Å². The highest BCUT2D eigenvalue weighted by molar-refractivity contribution is 7.47. The summed E-state index contributed by atoms with van der Waals surface area (Å²) in [7, 11) is -4.27. The van der Waals surface area contributed by atoms with E-state index < -0.39 is 13.9 Å². The Morgan fingerprint density at radius 2 is 1.06 bits per heavy atom. The maximum absolute atomic E-state index is 12.4. The number of rotatable bonds is 36. The Labute approximate surface area is 317 Å². The fourth-order valence-corrected chi connectivity index (χ4v) is 5.35. The Morgan fingerprint density at radius 3 is 1.54 bits per heavy atom. The van der Waals surface area contributed by atoms with Crippen LogP contribution in [0.1, 0.15) is 129 Å². The van der Waals surface area contributed by atoms with E-state index in [-0.39, 0.29) is 32.3 Å². The van der Waals surface area contributed by atoms with Gasteiger partial charge < -0.3 is 20.1 Å². The number of carbonyl (C=O) groups is 1. The molecule has 0 aromatic carbocycles. The number of phosphoric ester groups is 1. The van der Waals surface area contributed by atoms with Crippen LogP contribution in [-0.4, -0.2) is 49.9 Å². The smallest absolute Gasteiger partial charge is 0.463 e. The predicted octanol–water partition coefficient (Wildman–Crippen LogP) is 11.5. The number of allylic oxidation sites excluding steroid dienone is 16. The zero-order chi connectivity index (χ0) is 38.1. The van der Waals surface area contributed by atoms with Gasteiger partial charge in [-0.1, -0.05) is 124 Å². The van der Waals surface area contributed by atoms with Crippen molar-refractivity contribution >= 4 is 13.8 Å². The molecule has 0 heterocycles. The van der Waals surface area contributed by atoms with Crippen LogP contribution >= 0.6 is 7.82 Å². The van der Waals surface area contributed by atoms with Crippen LogP contribution in [0.2, 0.25) is 0 Å². The largest absolute Gasteiger partial charge is 0.472 e.